The van der Waals surface area contributed by atoms with Crippen molar-refractivity contribution < 1.29 is 14.1 Å². The molecule has 3 nitrogen and oxygen atoms in total. The van der Waals surface area contributed by atoms with Gasteiger partial charge in [-0.2, -0.15) is 4.58 Å². The van der Waals surface area contributed by atoms with Crippen LogP contribution in [-0.4, -0.2) is 30.4 Å². The fourth-order valence-electron chi connectivity index (χ4n) is 2.17. The Hall–Kier alpha value is -2.16. The summed E-state index contributed by atoms with van der Waals surface area (Å²) < 4.78 is 6.84. The van der Waals surface area contributed by atoms with Crippen molar-refractivity contribution in [2.45, 2.75) is 13.8 Å². The van der Waals surface area contributed by atoms with Gasteiger partial charge in [0.15, 0.2) is 5.71 Å². The zero-order chi connectivity index (χ0) is 14.7. The predicted octanol–water partition coefficient (Wildman–Crippen LogP) is 2.91. The van der Waals surface area contributed by atoms with Crippen molar-refractivity contribution in [2.75, 3.05) is 14.2 Å². The number of carbonyl (C=O) groups is 1. The average Bonchev–Trinajstić information content (AvgIpc) is 2.48. The predicted molar refractivity (Wildman–Crippen MR) is 81.1 cm³/mol. The average molecular weight is 270 g/mol. The van der Waals surface area contributed by atoms with Crippen molar-refractivity contribution in [3.8, 4) is 5.75 Å². The third-order valence-corrected chi connectivity index (χ3v) is 3.69. The largest absolute Gasteiger partial charge is 0.497 e. The highest BCUT2D eigenvalue weighted by molar-refractivity contribution is 5.97. The molecule has 0 N–H and O–H groups in total. The second-order valence-corrected chi connectivity index (χ2v) is 5.01. The van der Waals surface area contributed by atoms with E-state index in [2.05, 4.69) is 6.08 Å². The van der Waals surface area contributed by atoms with E-state index in [0.29, 0.717) is 0 Å². The van der Waals surface area contributed by atoms with E-state index in [1.165, 1.54) is 0 Å². The summed E-state index contributed by atoms with van der Waals surface area (Å²) in [5.41, 5.74) is 3.10. The molecule has 0 aromatic heterocycles. The topological polar surface area (TPSA) is 29.3 Å². The number of ether oxygens (including phenoxy) is 1. The van der Waals surface area contributed by atoms with Crippen LogP contribution in [0, 0.1) is 5.92 Å². The quantitative estimate of drug-likeness (QED) is 0.790. The molecule has 0 spiro atoms. The van der Waals surface area contributed by atoms with Crippen LogP contribution in [-0.2, 0) is 4.79 Å². The summed E-state index contributed by atoms with van der Waals surface area (Å²) in [6.45, 7) is 3.89. The van der Waals surface area contributed by atoms with Crippen LogP contribution in [0.15, 0.2) is 42.0 Å². The molecule has 1 aliphatic rings. The van der Waals surface area contributed by atoms with Crippen LogP contribution in [0.4, 0.5) is 0 Å². The number of nitrogens with zero attached hydrogens (tertiary/aromatic N) is 1. The Morgan fingerprint density at radius 2 is 1.85 bits per heavy atom. The Morgan fingerprint density at radius 3 is 2.45 bits per heavy atom. The van der Waals surface area contributed by atoms with Crippen LogP contribution >= 0.6 is 0 Å². The molecule has 1 unspecified atom stereocenters. The number of benzene rings is 1. The van der Waals surface area contributed by atoms with E-state index in [-0.39, 0.29) is 11.8 Å². The van der Waals surface area contributed by atoms with Gasteiger partial charge in [-0.05, 0) is 30.2 Å². The molecular weight excluding hydrogens is 250 g/mol. The molecule has 3 heteroatoms. The lowest BCUT2D eigenvalue weighted by molar-refractivity contribution is -0.422. The first-order valence-corrected chi connectivity index (χ1v) is 6.68. The van der Waals surface area contributed by atoms with E-state index < -0.39 is 0 Å². The maximum absolute atomic E-state index is 12.1. The Morgan fingerprint density at radius 1 is 1.20 bits per heavy atom. The van der Waals surface area contributed by atoms with E-state index >= 15 is 0 Å². The van der Waals surface area contributed by atoms with Gasteiger partial charge in [0.2, 0.25) is 0 Å². The zero-order valence-electron chi connectivity index (χ0n) is 12.4. The highest BCUT2D eigenvalue weighted by atomic mass is 16.5. The Labute approximate surface area is 119 Å². The third kappa shape index (κ3) is 2.87. The molecule has 0 aliphatic carbocycles. The highest BCUT2D eigenvalue weighted by Gasteiger charge is 2.30. The fraction of sp³-hybridized carbons (Fsp3) is 0.294. The molecule has 0 saturated carbocycles. The molecule has 20 heavy (non-hydrogen) atoms. The summed E-state index contributed by atoms with van der Waals surface area (Å²) in [6, 6.07) is 7.84. The van der Waals surface area contributed by atoms with Crippen LogP contribution in [0.25, 0.3) is 6.08 Å². The molecule has 1 amide bonds. The van der Waals surface area contributed by atoms with Crippen molar-refractivity contribution >= 4 is 17.7 Å². The van der Waals surface area contributed by atoms with Crippen LogP contribution in [0.2, 0.25) is 0 Å². The van der Waals surface area contributed by atoms with E-state index in [1.807, 2.05) is 57.3 Å². The summed E-state index contributed by atoms with van der Waals surface area (Å²) in [5.74, 6) is 0.881. The normalized spacial score (nSPS) is 19.5. The van der Waals surface area contributed by atoms with Crippen molar-refractivity contribution in [2.24, 2.45) is 5.92 Å². The molecule has 1 aromatic carbocycles. The first-order valence-electron chi connectivity index (χ1n) is 6.68. The van der Waals surface area contributed by atoms with Gasteiger partial charge in [0.25, 0.3) is 0 Å². The molecule has 1 atom stereocenters. The second kappa shape index (κ2) is 5.87. The van der Waals surface area contributed by atoms with Gasteiger partial charge in [0.1, 0.15) is 18.7 Å². The minimum absolute atomic E-state index is 0.0989. The van der Waals surface area contributed by atoms with Crippen molar-refractivity contribution in [1.82, 2.24) is 0 Å². The SMILES string of the molecule is COc1ccc(C=CC2=CC(C)=[N+](C)C(=O)C2C)cc1. The first-order chi connectivity index (χ1) is 9.52. The Kier molecular flexibility index (Phi) is 4.18. The standard InChI is InChI=1S/C17H20NO2/c1-12-11-15(13(2)17(19)18(12)3)8-5-14-6-9-16(20-4)10-7-14/h5-11,13H,1-4H3/q+1. The summed E-state index contributed by atoms with van der Waals surface area (Å²) in [6.07, 6.45) is 6.10. The third-order valence-electron chi connectivity index (χ3n) is 3.69. The summed E-state index contributed by atoms with van der Waals surface area (Å²) in [4.78, 5) is 12.1. The number of allylic oxidation sites excluding steroid dienone is 2. The number of rotatable bonds is 3. The molecule has 2 rings (SSSR count). The van der Waals surface area contributed by atoms with Gasteiger partial charge < -0.3 is 4.74 Å². The van der Waals surface area contributed by atoms with E-state index in [9.17, 15) is 4.79 Å². The molecular formula is C17H20NO2+. The smallest absolute Gasteiger partial charge is 0.394 e. The minimum Gasteiger partial charge on any atom is -0.497 e. The lowest BCUT2D eigenvalue weighted by atomic mass is 9.94. The van der Waals surface area contributed by atoms with Crippen molar-refractivity contribution in [3.63, 3.8) is 0 Å². The van der Waals surface area contributed by atoms with Gasteiger partial charge >= 0.3 is 5.91 Å². The van der Waals surface area contributed by atoms with Crippen molar-refractivity contribution in [1.29, 1.82) is 0 Å². The Balaban J connectivity index is 2.22. The monoisotopic (exact) mass is 270 g/mol. The molecule has 1 aliphatic heterocycles. The minimum atomic E-state index is -0.0989. The molecule has 0 saturated heterocycles. The Bertz CT molecular complexity index is 606. The van der Waals surface area contributed by atoms with Crippen LogP contribution < -0.4 is 4.74 Å². The number of hydrogen-bond acceptors (Lipinski definition) is 2. The van der Waals surface area contributed by atoms with Crippen molar-refractivity contribution in [3.05, 3.63) is 47.6 Å². The van der Waals surface area contributed by atoms with Gasteiger partial charge in [-0.15, -0.1) is 0 Å². The molecule has 0 bridgehead atoms. The van der Waals surface area contributed by atoms with Gasteiger partial charge in [-0.3, -0.25) is 0 Å². The number of hydrogen-bond donors (Lipinski definition) is 0. The lowest BCUT2D eigenvalue weighted by Crippen LogP contribution is -2.32. The molecule has 1 aromatic rings. The van der Waals surface area contributed by atoms with E-state index in [0.717, 1.165) is 22.6 Å². The zero-order valence-corrected chi connectivity index (χ0v) is 12.4. The highest BCUT2D eigenvalue weighted by Crippen LogP contribution is 2.20. The lowest BCUT2D eigenvalue weighted by Gasteiger charge is -2.13. The maximum Gasteiger partial charge on any atom is 0.394 e. The number of methoxy groups -OCH3 is 1. The van der Waals surface area contributed by atoms with E-state index in [1.54, 1.807) is 11.7 Å². The summed E-state index contributed by atoms with van der Waals surface area (Å²) in [7, 11) is 3.47. The second-order valence-electron chi connectivity index (χ2n) is 5.01. The molecule has 0 radical (unpaired) electrons. The van der Waals surface area contributed by atoms with Gasteiger partial charge in [0.05, 0.1) is 7.11 Å². The summed E-state index contributed by atoms with van der Waals surface area (Å²) >= 11 is 0. The van der Waals surface area contributed by atoms with Gasteiger partial charge in [0, 0.05) is 13.0 Å². The first kappa shape index (κ1) is 14.3. The van der Waals surface area contributed by atoms with Gasteiger partial charge in [-0.1, -0.05) is 24.3 Å². The molecule has 104 valence electrons. The van der Waals surface area contributed by atoms with Crippen LogP contribution in [0.3, 0.4) is 0 Å². The molecule has 1 heterocycles. The maximum atomic E-state index is 12.1. The summed E-state index contributed by atoms with van der Waals surface area (Å²) in [5, 5.41) is 0. The van der Waals surface area contributed by atoms with Crippen LogP contribution in [0.5, 0.6) is 5.75 Å². The van der Waals surface area contributed by atoms with Gasteiger partial charge in [-0.25, -0.2) is 4.79 Å². The fourth-order valence-corrected chi connectivity index (χ4v) is 2.17. The molecule has 0 fully saturated rings. The van der Waals surface area contributed by atoms with E-state index in [4.69, 9.17) is 4.74 Å². The van der Waals surface area contributed by atoms with Crippen LogP contribution in [0.1, 0.15) is 19.4 Å². The number of amides is 1. The number of carbonyl (C=O) groups excluding carboxylic acids is 1.